The van der Waals surface area contributed by atoms with E-state index in [1.54, 1.807) is 0 Å². The van der Waals surface area contributed by atoms with Gasteiger partial charge in [-0.15, -0.1) is 0 Å². The SMILES string of the molecule is CCNCc1ccc(-c2cccc(C3CCC3)c2)c(C)c1. The van der Waals surface area contributed by atoms with E-state index < -0.39 is 0 Å². The van der Waals surface area contributed by atoms with Crippen LogP contribution in [0.2, 0.25) is 0 Å². The Labute approximate surface area is 128 Å². The van der Waals surface area contributed by atoms with Gasteiger partial charge in [-0.05, 0) is 60.0 Å². The van der Waals surface area contributed by atoms with Crippen molar-refractivity contribution in [1.82, 2.24) is 5.32 Å². The lowest BCUT2D eigenvalue weighted by atomic mass is 9.79. The highest BCUT2D eigenvalue weighted by Gasteiger charge is 2.19. The van der Waals surface area contributed by atoms with E-state index in [4.69, 9.17) is 0 Å². The molecule has 0 amide bonds. The van der Waals surface area contributed by atoms with Gasteiger partial charge in [0.25, 0.3) is 0 Å². The molecule has 0 bridgehead atoms. The third-order valence-corrected chi connectivity index (χ3v) is 4.64. The predicted octanol–water partition coefficient (Wildman–Crippen LogP) is 5.04. The van der Waals surface area contributed by atoms with Crippen LogP contribution in [-0.2, 0) is 6.54 Å². The van der Waals surface area contributed by atoms with E-state index in [1.165, 1.54) is 47.1 Å². The number of benzene rings is 2. The number of aryl methyl sites for hydroxylation is 1. The molecule has 3 rings (SSSR count). The molecule has 1 saturated carbocycles. The Morgan fingerprint density at radius 1 is 1.10 bits per heavy atom. The highest BCUT2D eigenvalue weighted by Crippen LogP contribution is 2.38. The number of nitrogens with one attached hydrogen (secondary N) is 1. The Kier molecular flexibility index (Phi) is 4.40. The average molecular weight is 279 g/mol. The molecule has 2 aromatic carbocycles. The Morgan fingerprint density at radius 3 is 2.62 bits per heavy atom. The van der Waals surface area contributed by atoms with E-state index >= 15 is 0 Å². The van der Waals surface area contributed by atoms with E-state index in [0.717, 1.165) is 19.0 Å². The van der Waals surface area contributed by atoms with E-state index in [2.05, 4.69) is 61.6 Å². The van der Waals surface area contributed by atoms with Crippen LogP contribution in [0.4, 0.5) is 0 Å². The first-order valence-electron chi connectivity index (χ1n) is 8.18. The van der Waals surface area contributed by atoms with E-state index in [0.29, 0.717) is 0 Å². The molecule has 0 saturated heterocycles. The first-order valence-corrected chi connectivity index (χ1v) is 8.18. The minimum atomic E-state index is 0.804. The second-order valence-corrected chi connectivity index (χ2v) is 6.18. The van der Waals surface area contributed by atoms with Crippen LogP contribution in [0, 0.1) is 6.92 Å². The largest absolute Gasteiger partial charge is 0.313 e. The van der Waals surface area contributed by atoms with Crippen LogP contribution < -0.4 is 5.32 Å². The van der Waals surface area contributed by atoms with Gasteiger partial charge in [0.2, 0.25) is 0 Å². The maximum atomic E-state index is 3.39. The molecule has 1 nitrogen and oxygen atoms in total. The van der Waals surface area contributed by atoms with Crippen LogP contribution in [0.25, 0.3) is 11.1 Å². The lowest BCUT2D eigenvalue weighted by Gasteiger charge is -2.26. The zero-order chi connectivity index (χ0) is 14.7. The van der Waals surface area contributed by atoms with Crippen LogP contribution in [-0.4, -0.2) is 6.54 Å². The molecule has 0 aromatic heterocycles. The molecule has 1 N–H and O–H groups in total. The van der Waals surface area contributed by atoms with E-state index in [9.17, 15) is 0 Å². The molecule has 0 radical (unpaired) electrons. The number of hydrogen-bond acceptors (Lipinski definition) is 1. The molecular formula is C20H25N. The summed E-state index contributed by atoms with van der Waals surface area (Å²) < 4.78 is 0. The highest BCUT2D eigenvalue weighted by molar-refractivity contribution is 5.68. The molecule has 0 spiro atoms. The smallest absolute Gasteiger partial charge is 0.0205 e. The average Bonchev–Trinajstić information content (AvgIpc) is 2.44. The maximum Gasteiger partial charge on any atom is 0.0205 e. The van der Waals surface area contributed by atoms with Gasteiger partial charge in [-0.2, -0.15) is 0 Å². The number of hydrogen-bond donors (Lipinski definition) is 1. The molecule has 0 aliphatic heterocycles. The fraction of sp³-hybridized carbons (Fsp3) is 0.400. The quantitative estimate of drug-likeness (QED) is 0.808. The van der Waals surface area contributed by atoms with Crippen molar-refractivity contribution in [3.8, 4) is 11.1 Å². The normalized spacial score (nSPS) is 15.0. The van der Waals surface area contributed by atoms with Crippen LogP contribution in [0.1, 0.15) is 48.8 Å². The van der Waals surface area contributed by atoms with Gasteiger partial charge in [-0.1, -0.05) is 55.8 Å². The maximum absolute atomic E-state index is 3.39. The zero-order valence-corrected chi connectivity index (χ0v) is 13.2. The second kappa shape index (κ2) is 6.44. The molecule has 1 heteroatoms. The van der Waals surface area contributed by atoms with Gasteiger partial charge < -0.3 is 5.32 Å². The highest BCUT2D eigenvalue weighted by atomic mass is 14.8. The van der Waals surface area contributed by atoms with Crippen molar-refractivity contribution >= 4 is 0 Å². The lowest BCUT2D eigenvalue weighted by Crippen LogP contribution is -2.11. The molecule has 0 heterocycles. The molecule has 0 atom stereocenters. The second-order valence-electron chi connectivity index (χ2n) is 6.18. The Balaban J connectivity index is 1.85. The zero-order valence-electron chi connectivity index (χ0n) is 13.2. The molecule has 1 aliphatic carbocycles. The van der Waals surface area contributed by atoms with Gasteiger partial charge in [0, 0.05) is 6.54 Å². The van der Waals surface area contributed by atoms with Crippen molar-refractivity contribution in [2.45, 2.75) is 45.6 Å². The van der Waals surface area contributed by atoms with Crippen molar-refractivity contribution in [1.29, 1.82) is 0 Å². The van der Waals surface area contributed by atoms with E-state index in [-0.39, 0.29) is 0 Å². The number of rotatable bonds is 5. The van der Waals surface area contributed by atoms with Crippen molar-refractivity contribution in [3.63, 3.8) is 0 Å². The van der Waals surface area contributed by atoms with Crippen LogP contribution in [0.5, 0.6) is 0 Å². The fourth-order valence-corrected chi connectivity index (χ4v) is 3.13. The summed E-state index contributed by atoms with van der Waals surface area (Å²) in [6, 6.07) is 16.0. The molecule has 110 valence electrons. The summed E-state index contributed by atoms with van der Waals surface area (Å²) >= 11 is 0. The van der Waals surface area contributed by atoms with Gasteiger partial charge in [0.1, 0.15) is 0 Å². The standard InChI is InChI=1S/C20H25N/c1-3-21-14-16-10-11-20(15(2)12-16)19-9-5-8-18(13-19)17-6-4-7-17/h5,8-13,17,21H,3-4,6-7,14H2,1-2H3. The van der Waals surface area contributed by atoms with Crippen molar-refractivity contribution in [3.05, 3.63) is 59.2 Å². The van der Waals surface area contributed by atoms with Gasteiger partial charge in [0.15, 0.2) is 0 Å². The molecule has 1 fully saturated rings. The van der Waals surface area contributed by atoms with Crippen molar-refractivity contribution in [2.75, 3.05) is 6.54 Å². The van der Waals surface area contributed by atoms with E-state index in [1.807, 2.05) is 0 Å². The van der Waals surface area contributed by atoms with Gasteiger partial charge in [-0.25, -0.2) is 0 Å². The van der Waals surface area contributed by atoms with Gasteiger partial charge in [0.05, 0.1) is 0 Å². The molecule has 21 heavy (non-hydrogen) atoms. The summed E-state index contributed by atoms with van der Waals surface area (Å²) in [5.41, 5.74) is 7.00. The summed E-state index contributed by atoms with van der Waals surface area (Å²) in [6.07, 6.45) is 4.13. The third-order valence-electron chi connectivity index (χ3n) is 4.64. The van der Waals surface area contributed by atoms with Crippen LogP contribution in [0.15, 0.2) is 42.5 Å². The minimum Gasteiger partial charge on any atom is -0.313 e. The first kappa shape index (κ1) is 14.3. The van der Waals surface area contributed by atoms with Crippen LogP contribution in [0.3, 0.4) is 0 Å². The lowest BCUT2D eigenvalue weighted by molar-refractivity contribution is 0.420. The summed E-state index contributed by atoms with van der Waals surface area (Å²) in [7, 11) is 0. The molecule has 2 aromatic rings. The summed E-state index contributed by atoms with van der Waals surface area (Å²) in [5.74, 6) is 0.804. The Morgan fingerprint density at radius 2 is 1.95 bits per heavy atom. The Bertz CT molecular complexity index is 611. The first-order chi connectivity index (χ1) is 10.3. The summed E-state index contributed by atoms with van der Waals surface area (Å²) in [5, 5.41) is 3.39. The van der Waals surface area contributed by atoms with Gasteiger partial charge >= 0.3 is 0 Å². The summed E-state index contributed by atoms with van der Waals surface area (Å²) in [6.45, 7) is 6.35. The molecular weight excluding hydrogens is 254 g/mol. The third kappa shape index (κ3) is 3.19. The summed E-state index contributed by atoms with van der Waals surface area (Å²) in [4.78, 5) is 0. The fourth-order valence-electron chi connectivity index (χ4n) is 3.13. The van der Waals surface area contributed by atoms with Crippen LogP contribution >= 0.6 is 0 Å². The predicted molar refractivity (Wildman–Crippen MR) is 90.6 cm³/mol. The van der Waals surface area contributed by atoms with Gasteiger partial charge in [-0.3, -0.25) is 0 Å². The Hall–Kier alpha value is -1.60. The topological polar surface area (TPSA) is 12.0 Å². The van der Waals surface area contributed by atoms with Crippen molar-refractivity contribution in [2.24, 2.45) is 0 Å². The van der Waals surface area contributed by atoms with Crippen molar-refractivity contribution < 1.29 is 0 Å². The molecule has 0 unspecified atom stereocenters. The minimum absolute atomic E-state index is 0.804. The molecule has 1 aliphatic rings. The monoisotopic (exact) mass is 279 g/mol.